The average Bonchev–Trinajstić information content (AvgIpc) is 3.19. The molecule has 0 amide bonds. The number of fused-ring (bicyclic) bond motifs is 3. The molecule has 106 valence electrons. The molecule has 0 unspecified atom stereocenters. The van der Waals surface area contributed by atoms with Crippen LogP contribution in [-0.2, 0) is 0 Å². The van der Waals surface area contributed by atoms with Gasteiger partial charge in [0.15, 0.2) is 5.78 Å². The Morgan fingerprint density at radius 3 is 2.68 bits per heavy atom. The van der Waals surface area contributed by atoms with Gasteiger partial charge in [-0.1, -0.05) is 24.3 Å². The van der Waals surface area contributed by atoms with E-state index in [4.69, 9.17) is 4.42 Å². The largest absolute Gasteiger partial charge is 0.456 e. The van der Waals surface area contributed by atoms with E-state index in [0.717, 1.165) is 26.8 Å². The maximum atomic E-state index is 12.3. The molecule has 0 atom stereocenters. The van der Waals surface area contributed by atoms with E-state index in [1.165, 1.54) is 0 Å². The van der Waals surface area contributed by atoms with E-state index in [1.807, 2.05) is 66.1 Å². The van der Waals surface area contributed by atoms with Crippen LogP contribution >= 0.6 is 11.3 Å². The molecule has 0 spiro atoms. The zero-order chi connectivity index (χ0) is 14.9. The first kappa shape index (κ1) is 13.0. The van der Waals surface area contributed by atoms with Gasteiger partial charge in [0.25, 0.3) is 0 Å². The Morgan fingerprint density at radius 2 is 1.82 bits per heavy atom. The number of hydrogen-bond donors (Lipinski definition) is 0. The molecule has 2 aromatic carbocycles. The predicted molar refractivity (Wildman–Crippen MR) is 91.4 cm³/mol. The van der Waals surface area contributed by atoms with Gasteiger partial charge in [0, 0.05) is 21.2 Å². The lowest BCUT2D eigenvalue weighted by atomic mass is 10.1. The first-order valence-corrected chi connectivity index (χ1v) is 7.86. The number of para-hydroxylation sites is 1. The molecule has 2 nitrogen and oxygen atoms in total. The van der Waals surface area contributed by atoms with Gasteiger partial charge in [-0.15, -0.1) is 11.3 Å². The smallest absolute Gasteiger partial charge is 0.185 e. The molecule has 4 aromatic rings. The van der Waals surface area contributed by atoms with Crippen LogP contribution in [0.15, 0.2) is 70.5 Å². The van der Waals surface area contributed by atoms with Gasteiger partial charge in [-0.3, -0.25) is 4.79 Å². The highest BCUT2D eigenvalue weighted by molar-refractivity contribution is 7.10. The molecule has 0 aliphatic rings. The number of carbonyl (C=O) groups excluding carboxylic acids is 1. The molecule has 0 aliphatic carbocycles. The Hall–Kier alpha value is -2.65. The van der Waals surface area contributed by atoms with Crippen molar-refractivity contribution in [2.24, 2.45) is 0 Å². The Balaban J connectivity index is 1.75. The van der Waals surface area contributed by atoms with Gasteiger partial charge in [0.05, 0.1) is 0 Å². The SMILES string of the molecule is O=C(/C=C/c1cccs1)c1ccc2oc3ccccc3c2c1. The molecule has 0 N–H and O–H groups in total. The Labute approximate surface area is 131 Å². The van der Waals surface area contributed by atoms with Crippen molar-refractivity contribution in [1.29, 1.82) is 0 Å². The molecule has 0 saturated heterocycles. The third-order valence-corrected chi connectivity index (χ3v) is 4.44. The molecule has 2 aromatic heterocycles. The van der Waals surface area contributed by atoms with Crippen molar-refractivity contribution < 1.29 is 9.21 Å². The lowest BCUT2D eigenvalue weighted by molar-refractivity contribution is 0.104. The highest BCUT2D eigenvalue weighted by Crippen LogP contribution is 2.29. The molecule has 2 heterocycles. The first-order valence-electron chi connectivity index (χ1n) is 6.98. The van der Waals surface area contributed by atoms with Gasteiger partial charge in [0.2, 0.25) is 0 Å². The quantitative estimate of drug-likeness (QED) is 0.367. The van der Waals surface area contributed by atoms with Gasteiger partial charge in [-0.25, -0.2) is 0 Å². The number of furan rings is 1. The van der Waals surface area contributed by atoms with E-state index in [1.54, 1.807) is 17.4 Å². The average molecular weight is 304 g/mol. The van der Waals surface area contributed by atoms with Crippen LogP contribution in [0.4, 0.5) is 0 Å². The molecule has 0 radical (unpaired) electrons. The minimum Gasteiger partial charge on any atom is -0.456 e. The van der Waals surface area contributed by atoms with Crippen molar-refractivity contribution >= 4 is 45.1 Å². The zero-order valence-electron chi connectivity index (χ0n) is 11.7. The zero-order valence-corrected chi connectivity index (χ0v) is 12.5. The molecule has 0 fully saturated rings. The van der Waals surface area contributed by atoms with Crippen LogP contribution in [0, 0.1) is 0 Å². The molecule has 4 rings (SSSR count). The second kappa shape index (κ2) is 5.28. The van der Waals surface area contributed by atoms with Crippen LogP contribution in [0.2, 0.25) is 0 Å². The minimum atomic E-state index is 0.000538. The van der Waals surface area contributed by atoms with E-state index in [2.05, 4.69) is 0 Å². The Bertz CT molecular complexity index is 991. The van der Waals surface area contributed by atoms with Gasteiger partial charge >= 0.3 is 0 Å². The van der Waals surface area contributed by atoms with Crippen LogP contribution < -0.4 is 0 Å². The summed E-state index contributed by atoms with van der Waals surface area (Å²) >= 11 is 1.61. The summed E-state index contributed by atoms with van der Waals surface area (Å²) < 4.78 is 5.78. The molecule has 0 bridgehead atoms. The fourth-order valence-electron chi connectivity index (χ4n) is 2.52. The third-order valence-electron chi connectivity index (χ3n) is 3.60. The maximum absolute atomic E-state index is 12.3. The van der Waals surface area contributed by atoms with E-state index in [0.29, 0.717) is 5.56 Å². The van der Waals surface area contributed by atoms with Crippen molar-refractivity contribution in [1.82, 2.24) is 0 Å². The first-order chi connectivity index (χ1) is 10.8. The normalized spacial score (nSPS) is 11.6. The lowest BCUT2D eigenvalue weighted by Gasteiger charge is -1.96. The Morgan fingerprint density at radius 1 is 0.955 bits per heavy atom. The van der Waals surface area contributed by atoms with Crippen LogP contribution in [0.5, 0.6) is 0 Å². The van der Waals surface area contributed by atoms with Gasteiger partial charge < -0.3 is 4.42 Å². The van der Waals surface area contributed by atoms with Crippen molar-refractivity contribution in [3.05, 3.63) is 76.5 Å². The van der Waals surface area contributed by atoms with Crippen molar-refractivity contribution in [2.75, 3.05) is 0 Å². The third kappa shape index (κ3) is 2.26. The number of rotatable bonds is 3. The second-order valence-corrected chi connectivity index (χ2v) is 6.00. The molecular weight excluding hydrogens is 292 g/mol. The van der Waals surface area contributed by atoms with Crippen molar-refractivity contribution in [3.8, 4) is 0 Å². The molecule has 0 aliphatic heterocycles. The van der Waals surface area contributed by atoms with Crippen molar-refractivity contribution in [3.63, 3.8) is 0 Å². The summed E-state index contributed by atoms with van der Waals surface area (Å²) in [6.07, 6.45) is 3.47. The highest BCUT2D eigenvalue weighted by atomic mass is 32.1. The summed E-state index contributed by atoms with van der Waals surface area (Å²) in [6, 6.07) is 17.4. The lowest BCUT2D eigenvalue weighted by Crippen LogP contribution is -1.93. The van der Waals surface area contributed by atoms with Crippen molar-refractivity contribution in [2.45, 2.75) is 0 Å². The molecular formula is C19H12O2S. The number of ketones is 1. The molecule has 3 heteroatoms. The molecule has 0 saturated carbocycles. The summed E-state index contributed by atoms with van der Waals surface area (Å²) in [4.78, 5) is 13.4. The summed E-state index contributed by atoms with van der Waals surface area (Å²) in [5.74, 6) is 0.000538. The van der Waals surface area contributed by atoms with Gasteiger partial charge in [-0.05, 0) is 47.9 Å². The Kier molecular flexibility index (Phi) is 3.13. The summed E-state index contributed by atoms with van der Waals surface area (Å²) in [5, 5.41) is 4.01. The summed E-state index contributed by atoms with van der Waals surface area (Å²) in [7, 11) is 0. The summed E-state index contributed by atoms with van der Waals surface area (Å²) in [6.45, 7) is 0. The second-order valence-electron chi connectivity index (χ2n) is 5.02. The van der Waals surface area contributed by atoms with E-state index in [9.17, 15) is 4.79 Å². The van der Waals surface area contributed by atoms with E-state index in [-0.39, 0.29) is 5.78 Å². The number of allylic oxidation sites excluding steroid dienone is 1. The molecule has 22 heavy (non-hydrogen) atoms. The monoisotopic (exact) mass is 304 g/mol. The minimum absolute atomic E-state index is 0.000538. The van der Waals surface area contributed by atoms with E-state index < -0.39 is 0 Å². The fraction of sp³-hybridized carbons (Fsp3) is 0. The standard InChI is InChI=1S/C19H12O2S/c20-17(9-8-14-4-3-11-22-14)13-7-10-19-16(12-13)15-5-1-2-6-18(15)21-19/h1-12H/b9-8+. The van der Waals surface area contributed by atoms with Crippen LogP contribution in [-0.4, -0.2) is 5.78 Å². The van der Waals surface area contributed by atoms with Crippen LogP contribution in [0.25, 0.3) is 28.0 Å². The number of benzene rings is 2. The highest BCUT2D eigenvalue weighted by Gasteiger charge is 2.09. The summed E-state index contributed by atoms with van der Waals surface area (Å²) in [5.41, 5.74) is 2.32. The predicted octanol–water partition coefficient (Wildman–Crippen LogP) is 5.54. The topological polar surface area (TPSA) is 30.2 Å². The number of carbonyl (C=O) groups is 1. The van der Waals surface area contributed by atoms with Gasteiger partial charge in [0.1, 0.15) is 11.2 Å². The number of hydrogen-bond acceptors (Lipinski definition) is 3. The van der Waals surface area contributed by atoms with Crippen LogP contribution in [0.1, 0.15) is 15.2 Å². The maximum Gasteiger partial charge on any atom is 0.185 e. The van der Waals surface area contributed by atoms with E-state index >= 15 is 0 Å². The number of thiophene rings is 1. The van der Waals surface area contributed by atoms with Gasteiger partial charge in [-0.2, -0.15) is 0 Å². The fourth-order valence-corrected chi connectivity index (χ4v) is 3.14. The van der Waals surface area contributed by atoms with Crippen LogP contribution in [0.3, 0.4) is 0 Å².